The molecule has 1 aliphatic carbocycles. The number of benzene rings is 12. The molecular formula is C64H44N2. The minimum absolute atomic E-state index is 1.06. The van der Waals surface area contributed by atoms with E-state index in [1.165, 1.54) is 86.9 Å². The molecule has 0 bridgehead atoms. The first kappa shape index (κ1) is 38.0. The van der Waals surface area contributed by atoms with Crippen molar-refractivity contribution in [2.45, 2.75) is 12.8 Å². The molecule has 0 saturated heterocycles. The van der Waals surface area contributed by atoms with Gasteiger partial charge in [0.25, 0.3) is 0 Å². The van der Waals surface area contributed by atoms with Crippen molar-refractivity contribution in [3.8, 4) is 11.1 Å². The molecule has 0 N–H and O–H groups in total. The Kier molecular flexibility index (Phi) is 9.02. The van der Waals surface area contributed by atoms with Gasteiger partial charge in [0, 0.05) is 44.3 Å². The second kappa shape index (κ2) is 15.7. The SMILES string of the molecule is C1=Cc2cc(N(c3ccc4ccccc4c3)c3c4ccccc4c(N(c4ccc5ccccc5c4)c4ccc5ccccc5c4)c4cc(-c5ccc6ccccc6c5)ccc34)ccc2CC1. The summed E-state index contributed by atoms with van der Waals surface area (Å²) < 4.78 is 0. The van der Waals surface area contributed by atoms with E-state index in [0.717, 1.165) is 47.0 Å². The summed E-state index contributed by atoms with van der Waals surface area (Å²) in [7, 11) is 0. The number of rotatable bonds is 7. The molecule has 2 heteroatoms. The number of anilines is 6. The summed E-state index contributed by atoms with van der Waals surface area (Å²) in [5, 5.41) is 14.4. The van der Waals surface area contributed by atoms with Gasteiger partial charge in [-0.05, 0) is 139 Å². The highest BCUT2D eigenvalue weighted by molar-refractivity contribution is 6.24. The average Bonchev–Trinajstić information content (AvgIpc) is 3.39. The van der Waals surface area contributed by atoms with E-state index in [9.17, 15) is 0 Å². The Morgan fingerprint density at radius 3 is 1.23 bits per heavy atom. The third-order valence-corrected chi connectivity index (χ3v) is 13.7. The zero-order valence-corrected chi connectivity index (χ0v) is 36.4. The molecule has 1 aliphatic rings. The standard InChI is InChI=1S/C64H44N2/c1-6-18-48-37-53(26-25-43(48)13-1)54-31-36-61-62(42-54)64(66(57-34-29-46-16-4-9-21-51(46)40-57)58-35-30-47-17-5-10-22-52(47)41-58)60-24-12-11-23-59(60)63(61)65(55-32-27-44-14-2-7-19-49(44)38-55)56-33-28-45-15-3-8-20-50(45)39-56/h1-2,4-14,16-42H,3,15H2. The molecule has 0 saturated carbocycles. The minimum Gasteiger partial charge on any atom is -0.309 e. The molecule has 2 nitrogen and oxygen atoms in total. The highest BCUT2D eigenvalue weighted by atomic mass is 15.2. The Morgan fingerprint density at radius 2 is 0.682 bits per heavy atom. The Hall–Kier alpha value is -8.46. The number of fused-ring (bicyclic) bond motifs is 7. The summed E-state index contributed by atoms with van der Waals surface area (Å²) in [6, 6.07) is 85.7. The molecule has 0 aliphatic heterocycles. The van der Waals surface area contributed by atoms with Crippen LogP contribution in [0.5, 0.6) is 0 Å². The average molecular weight is 841 g/mol. The summed E-state index contributed by atoms with van der Waals surface area (Å²) in [5.74, 6) is 0. The number of hydrogen-bond donors (Lipinski definition) is 0. The summed E-state index contributed by atoms with van der Waals surface area (Å²) in [5.41, 5.74) is 11.8. The van der Waals surface area contributed by atoms with Gasteiger partial charge in [-0.25, -0.2) is 0 Å². The van der Waals surface area contributed by atoms with Crippen molar-refractivity contribution in [1.82, 2.24) is 0 Å². The van der Waals surface area contributed by atoms with Crippen molar-refractivity contribution in [3.05, 3.63) is 248 Å². The monoisotopic (exact) mass is 840 g/mol. The van der Waals surface area contributed by atoms with Gasteiger partial charge in [0.2, 0.25) is 0 Å². The Bertz CT molecular complexity index is 3840. The molecule has 12 aromatic rings. The third-order valence-electron chi connectivity index (χ3n) is 13.7. The van der Waals surface area contributed by atoms with E-state index < -0.39 is 0 Å². The molecular weight excluding hydrogens is 797 g/mol. The van der Waals surface area contributed by atoms with Crippen LogP contribution in [0.25, 0.3) is 81.8 Å². The fraction of sp³-hybridized carbons (Fsp3) is 0.0312. The van der Waals surface area contributed by atoms with Crippen molar-refractivity contribution in [1.29, 1.82) is 0 Å². The maximum Gasteiger partial charge on any atom is 0.0620 e. The van der Waals surface area contributed by atoms with E-state index in [1.54, 1.807) is 0 Å². The van der Waals surface area contributed by atoms with Crippen molar-refractivity contribution < 1.29 is 0 Å². The molecule has 13 rings (SSSR count). The van der Waals surface area contributed by atoms with Crippen LogP contribution in [0.3, 0.4) is 0 Å². The first-order chi connectivity index (χ1) is 32.7. The van der Waals surface area contributed by atoms with E-state index in [4.69, 9.17) is 0 Å². The van der Waals surface area contributed by atoms with E-state index in [2.05, 4.69) is 252 Å². The van der Waals surface area contributed by atoms with Gasteiger partial charge in [-0.15, -0.1) is 0 Å². The lowest BCUT2D eigenvalue weighted by Crippen LogP contribution is -2.15. The fourth-order valence-electron chi connectivity index (χ4n) is 10.5. The van der Waals surface area contributed by atoms with Crippen LogP contribution in [0.15, 0.2) is 237 Å². The normalized spacial score (nSPS) is 12.4. The van der Waals surface area contributed by atoms with Crippen LogP contribution in [-0.2, 0) is 6.42 Å². The van der Waals surface area contributed by atoms with Crippen molar-refractivity contribution >= 4 is 105 Å². The molecule has 0 fully saturated rings. The quantitative estimate of drug-likeness (QED) is 0.117. The molecule has 0 heterocycles. The Labute approximate surface area is 384 Å². The van der Waals surface area contributed by atoms with Crippen LogP contribution >= 0.6 is 0 Å². The topological polar surface area (TPSA) is 6.48 Å². The second-order valence-corrected chi connectivity index (χ2v) is 17.7. The van der Waals surface area contributed by atoms with E-state index in [1.807, 2.05) is 0 Å². The highest BCUT2D eigenvalue weighted by Gasteiger charge is 2.27. The molecule has 66 heavy (non-hydrogen) atoms. The molecule has 0 radical (unpaired) electrons. The van der Waals surface area contributed by atoms with Crippen LogP contribution in [0, 0.1) is 0 Å². The maximum absolute atomic E-state index is 2.52. The van der Waals surface area contributed by atoms with Crippen molar-refractivity contribution in [3.63, 3.8) is 0 Å². The Morgan fingerprint density at radius 1 is 0.288 bits per heavy atom. The zero-order valence-electron chi connectivity index (χ0n) is 36.4. The van der Waals surface area contributed by atoms with E-state index in [-0.39, 0.29) is 0 Å². The van der Waals surface area contributed by atoms with Gasteiger partial charge in [0.15, 0.2) is 0 Å². The second-order valence-electron chi connectivity index (χ2n) is 17.7. The Balaban J connectivity index is 1.16. The third kappa shape index (κ3) is 6.49. The van der Waals surface area contributed by atoms with Crippen LogP contribution in [0.1, 0.15) is 17.5 Å². The van der Waals surface area contributed by atoms with Crippen LogP contribution in [0.4, 0.5) is 34.1 Å². The molecule has 0 atom stereocenters. The molecule has 310 valence electrons. The number of hydrogen-bond acceptors (Lipinski definition) is 2. The fourth-order valence-corrected chi connectivity index (χ4v) is 10.5. The summed E-state index contributed by atoms with van der Waals surface area (Å²) in [6.45, 7) is 0. The lowest BCUT2D eigenvalue weighted by Gasteiger charge is -2.33. The van der Waals surface area contributed by atoms with E-state index >= 15 is 0 Å². The summed E-state index contributed by atoms with van der Waals surface area (Å²) >= 11 is 0. The molecule has 0 spiro atoms. The maximum atomic E-state index is 2.52. The van der Waals surface area contributed by atoms with Gasteiger partial charge in [0.05, 0.1) is 11.4 Å². The van der Waals surface area contributed by atoms with Gasteiger partial charge in [-0.3, -0.25) is 0 Å². The summed E-state index contributed by atoms with van der Waals surface area (Å²) in [4.78, 5) is 5.04. The van der Waals surface area contributed by atoms with Gasteiger partial charge < -0.3 is 9.80 Å². The number of allylic oxidation sites excluding steroid dienone is 1. The first-order valence-corrected chi connectivity index (χ1v) is 23.0. The predicted molar refractivity (Wildman–Crippen MR) is 284 cm³/mol. The number of aryl methyl sites for hydroxylation is 1. The van der Waals surface area contributed by atoms with E-state index in [0.29, 0.717) is 0 Å². The van der Waals surface area contributed by atoms with Crippen LogP contribution < -0.4 is 9.80 Å². The zero-order chi connectivity index (χ0) is 43.6. The lowest BCUT2D eigenvalue weighted by molar-refractivity contribution is 0.985. The van der Waals surface area contributed by atoms with Crippen LogP contribution in [-0.4, -0.2) is 0 Å². The number of nitrogens with zero attached hydrogens (tertiary/aromatic N) is 2. The van der Waals surface area contributed by atoms with Crippen molar-refractivity contribution in [2.75, 3.05) is 9.80 Å². The molecule has 0 amide bonds. The largest absolute Gasteiger partial charge is 0.309 e. The molecule has 0 aromatic heterocycles. The summed E-state index contributed by atoms with van der Waals surface area (Å²) in [6.07, 6.45) is 6.75. The van der Waals surface area contributed by atoms with Crippen molar-refractivity contribution in [2.24, 2.45) is 0 Å². The predicted octanol–water partition coefficient (Wildman–Crippen LogP) is 18.2. The van der Waals surface area contributed by atoms with Gasteiger partial charge >= 0.3 is 0 Å². The van der Waals surface area contributed by atoms with Gasteiger partial charge in [-0.2, -0.15) is 0 Å². The van der Waals surface area contributed by atoms with Gasteiger partial charge in [-0.1, -0.05) is 182 Å². The van der Waals surface area contributed by atoms with Gasteiger partial charge in [0.1, 0.15) is 0 Å². The molecule has 12 aromatic carbocycles. The first-order valence-electron chi connectivity index (χ1n) is 23.0. The highest BCUT2D eigenvalue weighted by Crippen LogP contribution is 2.52. The lowest BCUT2D eigenvalue weighted by atomic mass is 9.91. The minimum atomic E-state index is 1.06. The smallest absolute Gasteiger partial charge is 0.0620 e. The molecule has 0 unspecified atom stereocenters. The van der Waals surface area contributed by atoms with Crippen LogP contribution in [0.2, 0.25) is 0 Å².